The zero-order valence-electron chi connectivity index (χ0n) is 12.6. The van der Waals surface area contributed by atoms with Crippen LogP contribution in [0.25, 0.3) is 23.0 Å². The Labute approximate surface area is 137 Å². The summed E-state index contributed by atoms with van der Waals surface area (Å²) in [5, 5.41) is 4.01. The fraction of sp³-hybridized carbons (Fsp3) is 0.0556. The third-order valence-electron chi connectivity index (χ3n) is 3.66. The molecule has 3 heterocycles. The van der Waals surface area contributed by atoms with E-state index in [4.69, 9.17) is 4.52 Å². The number of rotatable bonds is 4. The van der Waals surface area contributed by atoms with Crippen LogP contribution in [-0.2, 0) is 6.54 Å². The van der Waals surface area contributed by atoms with Gasteiger partial charge in [0.15, 0.2) is 0 Å². The summed E-state index contributed by atoms with van der Waals surface area (Å²) in [5.41, 5.74) is 2.59. The number of pyridine rings is 1. The Bertz CT molecular complexity index is 945. The maximum absolute atomic E-state index is 13.0. The Balaban J connectivity index is 1.63. The van der Waals surface area contributed by atoms with E-state index < -0.39 is 0 Å². The van der Waals surface area contributed by atoms with Crippen LogP contribution in [0.5, 0.6) is 0 Å². The molecular formula is C18H13FN4O. The van der Waals surface area contributed by atoms with E-state index in [0.717, 1.165) is 16.8 Å². The second-order valence-electron chi connectivity index (χ2n) is 5.31. The van der Waals surface area contributed by atoms with Gasteiger partial charge in [-0.2, -0.15) is 4.98 Å². The predicted octanol–water partition coefficient (Wildman–Crippen LogP) is 3.79. The summed E-state index contributed by atoms with van der Waals surface area (Å²) in [4.78, 5) is 8.50. The Hall–Kier alpha value is -3.28. The summed E-state index contributed by atoms with van der Waals surface area (Å²) >= 11 is 0. The zero-order valence-corrected chi connectivity index (χ0v) is 12.6. The van der Waals surface area contributed by atoms with Crippen molar-refractivity contribution in [3.05, 3.63) is 78.5 Å². The maximum atomic E-state index is 13.0. The summed E-state index contributed by atoms with van der Waals surface area (Å²) in [6, 6.07) is 13.9. The Morgan fingerprint density at radius 1 is 1.04 bits per heavy atom. The lowest BCUT2D eigenvalue weighted by molar-refractivity contribution is 0.429. The molecule has 4 aromatic rings. The van der Waals surface area contributed by atoms with Crippen LogP contribution >= 0.6 is 0 Å². The van der Waals surface area contributed by atoms with Crippen molar-refractivity contribution in [1.29, 1.82) is 0 Å². The first-order valence-corrected chi connectivity index (χ1v) is 7.44. The average Bonchev–Trinajstić information content (AvgIpc) is 3.27. The number of hydrogen-bond donors (Lipinski definition) is 0. The minimum absolute atomic E-state index is 0.246. The molecule has 0 fully saturated rings. The molecule has 0 aliphatic heterocycles. The number of hydrogen-bond acceptors (Lipinski definition) is 4. The van der Waals surface area contributed by atoms with Gasteiger partial charge in [0.05, 0.1) is 0 Å². The van der Waals surface area contributed by atoms with Crippen molar-refractivity contribution >= 4 is 0 Å². The molecule has 0 aliphatic rings. The molecule has 4 rings (SSSR count). The normalized spacial score (nSPS) is 10.9. The van der Waals surface area contributed by atoms with E-state index in [1.54, 1.807) is 24.5 Å². The third-order valence-corrected chi connectivity index (χ3v) is 3.66. The van der Waals surface area contributed by atoms with Gasteiger partial charge in [-0.15, -0.1) is 0 Å². The van der Waals surface area contributed by atoms with Crippen LogP contribution in [-0.4, -0.2) is 19.7 Å². The quantitative estimate of drug-likeness (QED) is 0.574. The molecule has 0 unspecified atom stereocenters. The number of nitrogens with zero attached hydrogens (tertiary/aromatic N) is 4. The first-order valence-electron chi connectivity index (χ1n) is 7.44. The molecule has 0 saturated heterocycles. The number of aromatic nitrogens is 4. The highest BCUT2D eigenvalue weighted by Gasteiger charge is 2.14. The lowest BCUT2D eigenvalue weighted by Gasteiger charge is -2.06. The van der Waals surface area contributed by atoms with Crippen molar-refractivity contribution in [2.45, 2.75) is 6.54 Å². The first kappa shape index (κ1) is 14.3. The van der Waals surface area contributed by atoms with Crippen molar-refractivity contribution in [3.8, 4) is 23.0 Å². The Morgan fingerprint density at radius 3 is 2.71 bits per heavy atom. The molecule has 0 bridgehead atoms. The molecule has 24 heavy (non-hydrogen) atoms. The van der Waals surface area contributed by atoms with Gasteiger partial charge in [-0.05, 0) is 42.0 Å². The summed E-state index contributed by atoms with van der Waals surface area (Å²) in [5.74, 6) is 0.679. The van der Waals surface area contributed by atoms with Crippen LogP contribution in [0.4, 0.5) is 4.39 Å². The standard InChI is InChI=1S/C18H13FN4O/c19-15-7-5-13(6-8-15)12-23-10-2-4-16(23)18-21-17(22-24-18)14-3-1-9-20-11-14/h1-11H,12H2. The van der Waals surface area contributed by atoms with Crippen molar-refractivity contribution in [2.24, 2.45) is 0 Å². The largest absolute Gasteiger partial charge is 0.339 e. The molecule has 0 N–H and O–H groups in total. The van der Waals surface area contributed by atoms with Crippen LogP contribution in [0.15, 0.2) is 71.6 Å². The minimum Gasteiger partial charge on any atom is -0.339 e. The van der Waals surface area contributed by atoms with Crippen molar-refractivity contribution in [3.63, 3.8) is 0 Å². The smallest absolute Gasteiger partial charge is 0.274 e. The molecule has 0 saturated carbocycles. The lowest BCUT2D eigenvalue weighted by Crippen LogP contribution is -2.00. The highest BCUT2D eigenvalue weighted by molar-refractivity contribution is 5.57. The SMILES string of the molecule is Fc1ccc(Cn2cccc2-c2nc(-c3cccnc3)no2)cc1. The molecule has 1 aromatic carbocycles. The van der Waals surface area contributed by atoms with Gasteiger partial charge in [0.1, 0.15) is 11.5 Å². The molecule has 0 aliphatic carbocycles. The first-order chi connectivity index (χ1) is 11.8. The maximum Gasteiger partial charge on any atom is 0.274 e. The van der Waals surface area contributed by atoms with Gasteiger partial charge in [-0.25, -0.2) is 4.39 Å². The van der Waals surface area contributed by atoms with Gasteiger partial charge in [-0.1, -0.05) is 17.3 Å². The van der Waals surface area contributed by atoms with Gasteiger partial charge >= 0.3 is 0 Å². The zero-order chi connectivity index (χ0) is 16.4. The molecular weight excluding hydrogens is 307 g/mol. The average molecular weight is 320 g/mol. The highest BCUT2D eigenvalue weighted by atomic mass is 19.1. The van der Waals surface area contributed by atoms with Crippen molar-refractivity contribution in [1.82, 2.24) is 19.7 Å². The van der Waals surface area contributed by atoms with E-state index in [0.29, 0.717) is 18.3 Å². The van der Waals surface area contributed by atoms with E-state index in [2.05, 4.69) is 15.1 Å². The van der Waals surface area contributed by atoms with Crippen molar-refractivity contribution in [2.75, 3.05) is 0 Å². The molecule has 5 nitrogen and oxygen atoms in total. The van der Waals surface area contributed by atoms with E-state index in [1.165, 1.54) is 12.1 Å². The monoisotopic (exact) mass is 320 g/mol. The molecule has 6 heteroatoms. The minimum atomic E-state index is -0.246. The highest BCUT2D eigenvalue weighted by Crippen LogP contribution is 2.23. The van der Waals surface area contributed by atoms with Crippen LogP contribution in [0.2, 0.25) is 0 Å². The summed E-state index contributed by atoms with van der Waals surface area (Å²) in [6.45, 7) is 0.590. The van der Waals surface area contributed by atoms with E-state index in [9.17, 15) is 4.39 Å². The summed E-state index contributed by atoms with van der Waals surface area (Å²) in [6.07, 6.45) is 5.30. The number of benzene rings is 1. The van der Waals surface area contributed by atoms with Gasteiger partial charge in [0.25, 0.3) is 5.89 Å². The third kappa shape index (κ3) is 2.81. The number of halogens is 1. The van der Waals surface area contributed by atoms with Gasteiger partial charge in [0, 0.05) is 30.7 Å². The predicted molar refractivity (Wildman–Crippen MR) is 86.5 cm³/mol. The van der Waals surface area contributed by atoms with E-state index in [-0.39, 0.29) is 5.82 Å². The second-order valence-corrected chi connectivity index (χ2v) is 5.31. The molecule has 0 amide bonds. The van der Waals surface area contributed by atoms with Gasteiger partial charge in [0.2, 0.25) is 5.82 Å². The topological polar surface area (TPSA) is 56.7 Å². The van der Waals surface area contributed by atoms with Crippen LogP contribution in [0, 0.1) is 5.82 Å². The molecule has 118 valence electrons. The summed E-state index contributed by atoms with van der Waals surface area (Å²) in [7, 11) is 0. The van der Waals surface area contributed by atoms with Crippen LogP contribution in [0.1, 0.15) is 5.56 Å². The van der Waals surface area contributed by atoms with E-state index in [1.807, 2.05) is 35.0 Å². The molecule has 0 atom stereocenters. The molecule has 3 aromatic heterocycles. The Morgan fingerprint density at radius 2 is 1.92 bits per heavy atom. The van der Waals surface area contributed by atoms with Crippen LogP contribution < -0.4 is 0 Å². The fourth-order valence-electron chi connectivity index (χ4n) is 2.47. The van der Waals surface area contributed by atoms with E-state index >= 15 is 0 Å². The van der Waals surface area contributed by atoms with Gasteiger partial charge < -0.3 is 9.09 Å². The fourth-order valence-corrected chi connectivity index (χ4v) is 2.47. The second kappa shape index (κ2) is 6.08. The van der Waals surface area contributed by atoms with Crippen LogP contribution in [0.3, 0.4) is 0 Å². The molecule has 0 spiro atoms. The summed E-state index contributed by atoms with van der Waals surface area (Å²) < 4.78 is 20.4. The van der Waals surface area contributed by atoms with Gasteiger partial charge in [-0.3, -0.25) is 4.98 Å². The lowest BCUT2D eigenvalue weighted by atomic mass is 10.2. The molecule has 0 radical (unpaired) electrons. The van der Waals surface area contributed by atoms with Crippen molar-refractivity contribution < 1.29 is 8.91 Å². The Kier molecular flexibility index (Phi) is 3.63.